The van der Waals surface area contributed by atoms with Crippen LogP contribution in [0.25, 0.3) is 0 Å². The molecule has 0 bridgehead atoms. The van der Waals surface area contributed by atoms with E-state index < -0.39 is 0 Å². The third-order valence-corrected chi connectivity index (χ3v) is 1.86. The molecule has 0 radical (unpaired) electrons. The summed E-state index contributed by atoms with van der Waals surface area (Å²) < 4.78 is 4.89. The van der Waals surface area contributed by atoms with Gasteiger partial charge in [0.1, 0.15) is 0 Å². The molecular formula is C10H22N2O2. The zero-order valence-electron chi connectivity index (χ0n) is 9.59. The minimum atomic E-state index is -0.328. The molecule has 0 aliphatic heterocycles. The third-order valence-electron chi connectivity index (χ3n) is 1.86. The van der Waals surface area contributed by atoms with Crippen LogP contribution in [0, 0.1) is 5.41 Å². The summed E-state index contributed by atoms with van der Waals surface area (Å²) in [5.74, 6) is 0.0575. The van der Waals surface area contributed by atoms with E-state index in [1.165, 1.54) is 0 Å². The van der Waals surface area contributed by atoms with Gasteiger partial charge >= 0.3 is 0 Å². The maximum atomic E-state index is 11.4. The number of nitrogens with one attached hydrogen (secondary N) is 1. The topological polar surface area (TPSA) is 64.3 Å². The molecule has 3 N–H and O–H groups in total. The van der Waals surface area contributed by atoms with Crippen LogP contribution in [-0.2, 0) is 9.53 Å². The lowest BCUT2D eigenvalue weighted by atomic mass is 9.96. The van der Waals surface area contributed by atoms with Crippen LogP contribution < -0.4 is 11.1 Å². The molecule has 0 aromatic carbocycles. The molecule has 4 nitrogen and oxygen atoms in total. The Morgan fingerprint density at radius 2 is 2.07 bits per heavy atom. The second-order valence-corrected chi connectivity index (χ2v) is 4.51. The van der Waals surface area contributed by atoms with E-state index in [1.807, 2.05) is 20.8 Å². The average molecular weight is 202 g/mol. The van der Waals surface area contributed by atoms with Gasteiger partial charge in [-0.2, -0.15) is 0 Å². The van der Waals surface area contributed by atoms with Gasteiger partial charge in [0, 0.05) is 25.1 Å². The van der Waals surface area contributed by atoms with Crippen molar-refractivity contribution in [1.82, 2.24) is 5.32 Å². The van der Waals surface area contributed by atoms with Crippen molar-refractivity contribution in [3.63, 3.8) is 0 Å². The third kappa shape index (κ3) is 5.94. The van der Waals surface area contributed by atoms with Crippen LogP contribution in [-0.4, -0.2) is 32.2 Å². The van der Waals surface area contributed by atoms with Gasteiger partial charge in [-0.05, 0) is 6.42 Å². The van der Waals surface area contributed by atoms with Crippen molar-refractivity contribution in [2.75, 3.05) is 20.3 Å². The molecule has 0 heterocycles. The Labute approximate surface area is 86.2 Å². The predicted molar refractivity (Wildman–Crippen MR) is 56.9 cm³/mol. The highest BCUT2D eigenvalue weighted by atomic mass is 16.5. The number of nitrogens with two attached hydrogens (primary N) is 1. The van der Waals surface area contributed by atoms with Crippen molar-refractivity contribution in [2.45, 2.75) is 33.2 Å². The molecule has 0 spiro atoms. The van der Waals surface area contributed by atoms with E-state index in [4.69, 9.17) is 10.5 Å². The van der Waals surface area contributed by atoms with Crippen LogP contribution in [0.15, 0.2) is 0 Å². The Morgan fingerprint density at radius 1 is 1.50 bits per heavy atom. The Hall–Kier alpha value is -0.610. The van der Waals surface area contributed by atoms with Crippen molar-refractivity contribution in [2.24, 2.45) is 11.1 Å². The number of ether oxygens (including phenoxy) is 1. The fourth-order valence-electron chi connectivity index (χ4n) is 0.934. The van der Waals surface area contributed by atoms with E-state index in [-0.39, 0.29) is 17.4 Å². The Balaban J connectivity index is 3.59. The van der Waals surface area contributed by atoms with Crippen LogP contribution in [0.5, 0.6) is 0 Å². The average Bonchev–Trinajstić information content (AvgIpc) is 2.02. The summed E-state index contributed by atoms with van der Waals surface area (Å²) in [7, 11) is 1.62. The van der Waals surface area contributed by atoms with Crippen LogP contribution >= 0.6 is 0 Å². The molecule has 0 aromatic rings. The number of rotatable bonds is 5. The van der Waals surface area contributed by atoms with Crippen molar-refractivity contribution < 1.29 is 9.53 Å². The summed E-state index contributed by atoms with van der Waals surface area (Å²) in [4.78, 5) is 11.4. The van der Waals surface area contributed by atoms with Gasteiger partial charge in [0.05, 0.1) is 6.61 Å². The Bertz CT molecular complexity index is 175. The first-order valence-electron chi connectivity index (χ1n) is 4.90. The van der Waals surface area contributed by atoms with E-state index in [1.54, 1.807) is 7.11 Å². The lowest BCUT2D eigenvalue weighted by Crippen LogP contribution is -2.38. The van der Waals surface area contributed by atoms with Crippen molar-refractivity contribution in [3.05, 3.63) is 0 Å². The highest BCUT2D eigenvalue weighted by Crippen LogP contribution is 2.12. The zero-order valence-corrected chi connectivity index (χ0v) is 9.59. The number of carbonyl (C=O) groups excluding carboxylic acids is 1. The molecule has 0 fully saturated rings. The Kier molecular flexibility index (Phi) is 5.72. The molecule has 1 amide bonds. The minimum Gasteiger partial charge on any atom is -0.383 e. The molecule has 1 atom stereocenters. The molecule has 0 saturated carbocycles. The van der Waals surface area contributed by atoms with E-state index in [0.717, 1.165) is 6.42 Å². The molecule has 84 valence electrons. The number of carbonyl (C=O) groups is 1. The molecule has 14 heavy (non-hydrogen) atoms. The maximum absolute atomic E-state index is 11.4. The number of hydrogen-bond donors (Lipinski definition) is 2. The molecule has 0 aromatic heterocycles. The first-order chi connectivity index (χ1) is 6.38. The monoisotopic (exact) mass is 202 g/mol. The van der Waals surface area contributed by atoms with E-state index in [2.05, 4.69) is 5.32 Å². The van der Waals surface area contributed by atoms with Gasteiger partial charge in [-0.3, -0.25) is 4.79 Å². The largest absolute Gasteiger partial charge is 0.383 e. The summed E-state index contributed by atoms with van der Waals surface area (Å²) in [6, 6.07) is 0.000248. The highest BCUT2D eigenvalue weighted by molar-refractivity contribution is 5.81. The molecule has 0 aliphatic rings. The van der Waals surface area contributed by atoms with Crippen molar-refractivity contribution in [3.8, 4) is 0 Å². The highest BCUT2D eigenvalue weighted by Gasteiger charge is 2.20. The van der Waals surface area contributed by atoms with Gasteiger partial charge in [0.2, 0.25) is 5.91 Å². The van der Waals surface area contributed by atoms with Crippen LogP contribution in [0.3, 0.4) is 0 Å². The molecular weight excluding hydrogens is 180 g/mol. The fraction of sp³-hybridized carbons (Fsp3) is 0.900. The van der Waals surface area contributed by atoms with Gasteiger partial charge in [0.15, 0.2) is 0 Å². The first-order valence-corrected chi connectivity index (χ1v) is 4.90. The molecule has 4 heteroatoms. The molecule has 1 unspecified atom stereocenters. The summed E-state index contributed by atoms with van der Waals surface area (Å²) in [5, 5.41) is 2.84. The molecule has 0 saturated heterocycles. The Morgan fingerprint density at radius 3 is 2.50 bits per heavy atom. The van der Waals surface area contributed by atoms with E-state index in [9.17, 15) is 4.79 Å². The second kappa shape index (κ2) is 5.98. The van der Waals surface area contributed by atoms with Gasteiger partial charge in [-0.25, -0.2) is 0 Å². The number of methoxy groups -OCH3 is 1. The summed E-state index contributed by atoms with van der Waals surface area (Å²) in [5.41, 5.74) is 5.38. The quantitative estimate of drug-likeness (QED) is 0.683. The first kappa shape index (κ1) is 13.4. The standard InChI is InChI=1S/C10H22N2O2/c1-10(2,3)9(13)12-6-5-8(11)7-14-4/h8H,5-7,11H2,1-4H3,(H,12,13). The van der Waals surface area contributed by atoms with Crippen molar-refractivity contribution in [1.29, 1.82) is 0 Å². The predicted octanol–water partition coefficient (Wildman–Crippen LogP) is 0.513. The lowest BCUT2D eigenvalue weighted by molar-refractivity contribution is -0.128. The van der Waals surface area contributed by atoms with Crippen LogP contribution in [0.1, 0.15) is 27.2 Å². The SMILES string of the molecule is COCC(N)CCNC(=O)C(C)(C)C. The van der Waals surface area contributed by atoms with E-state index in [0.29, 0.717) is 13.2 Å². The molecule has 0 aliphatic carbocycles. The van der Waals surface area contributed by atoms with Crippen molar-refractivity contribution >= 4 is 5.91 Å². The zero-order chi connectivity index (χ0) is 11.2. The fourth-order valence-corrected chi connectivity index (χ4v) is 0.934. The van der Waals surface area contributed by atoms with Gasteiger partial charge in [-0.15, -0.1) is 0 Å². The van der Waals surface area contributed by atoms with Crippen LogP contribution in [0.4, 0.5) is 0 Å². The second-order valence-electron chi connectivity index (χ2n) is 4.51. The minimum absolute atomic E-state index is 0.000248. The number of hydrogen-bond acceptors (Lipinski definition) is 3. The van der Waals surface area contributed by atoms with Gasteiger partial charge in [0.25, 0.3) is 0 Å². The number of amides is 1. The van der Waals surface area contributed by atoms with Crippen LogP contribution in [0.2, 0.25) is 0 Å². The maximum Gasteiger partial charge on any atom is 0.225 e. The molecule has 0 rings (SSSR count). The summed E-state index contributed by atoms with van der Waals surface area (Å²) in [6.45, 7) is 6.80. The van der Waals surface area contributed by atoms with Gasteiger partial charge in [-0.1, -0.05) is 20.8 Å². The summed E-state index contributed by atoms with van der Waals surface area (Å²) in [6.07, 6.45) is 0.746. The normalized spacial score (nSPS) is 13.8. The smallest absolute Gasteiger partial charge is 0.225 e. The van der Waals surface area contributed by atoms with E-state index >= 15 is 0 Å². The van der Waals surface area contributed by atoms with Gasteiger partial charge < -0.3 is 15.8 Å². The summed E-state index contributed by atoms with van der Waals surface area (Å²) >= 11 is 0. The lowest BCUT2D eigenvalue weighted by Gasteiger charge is -2.18.